The molecule has 0 bridgehead atoms. The highest BCUT2D eigenvalue weighted by atomic mass is 33.1. The van der Waals surface area contributed by atoms with Crippen molar-refractivity contribution in [2.24, 2.45) is 0 Å². The van der Waals surface area contributed by atoms with Crippen molar-refractivity contribution in [2.75, 3.05) is 12.4 Å². The molecule has 1 aromatic heterocycles. The molecule has 28 heavy (non-hydrogen) atoms. The Bertz CT molecular complexity index is 777. The number of carbonyl (C=O) groups is 1. The highest BCUT2D eigenvalue weighted by Crippen LogP contribution is 2.39. The van der Waals surface area contributed by atoms with Crippen molar-refractivity contribution in [3.63, 3.8) is 0 Å². The summed E-state index contributed by atoms with van der Waals surface area (Å²) in [4.78, 5) is 36.9. The predicted molar refractivity (Wildman–Crippen MR) is 105 cm³/mol. The van der Waals surface area contributed by atoms with Crippen molar-refractivity contribution in [2.45, 2.75) is 61.9 Å². The van der Waals surface area contributed by atoms with E-state index in [1.54, 1.807) is 0 Å². The van der Waals surface area contributed by atoms with Crippen molar-refractivity contribution in [3.8, 4) is 0 Å². The Morgan fingerprint density at radius 3 is 2.86 bits per heavy atom. The van der Waals surface area contributed by atoms with Crippen molar-refractivity contribution in [1.82, 2.24) is 9.55 Å². The second-order valence-corrected chi connectivity index (χ2v) is 9.61. The number of hydrogen-bond acceptors (Lipinski definition) is 9. The van der Waals surface area contributed by atoms with E-state index in [9.17, 15) is 24.6 Å². The lowest BCUT2D eigenvalue weighted by atomic mass is 10.1. The predicted octanol–water partition coefficient (Wildman–Crippen LogP) is 0.413. The quantitative estimate of drug-likeness (QED) is 0.304. The number of unbranched alkanes of at least 4 members (excludes halogenated alkanes) is 1. The van der Waals surface area contributed by atoms with Crippen molar-refractivity contribution in [1.29, 1.82) is 0 Å². The zero-order valence-electron chi connectivity index (χ0n) is 15.2. The van der Waals surface area contributed by atoms with Gasteiger partial charge in [0.2, 0.25) is 0 Å². The number of aliphatic hydroxyl groups is 2. The number of carbonyl (C=O) groups excluding carboxylic acids is 1. The number of hydrogen-bond donors (Lipinski definition) is 3. The van der Waals surface area contributed by atoms with Gasteiger partial charge in [-0.15, -0.1) is 0 Å². The fourth-order valence-electron chi connectivity index (χ4n) is 3.18. The number of aromatic nitrogens is 2. The molecule has 2 aliphatic rings. The standard InChI is InChI=1S/C17H24N2O7S2/c20-12-5-7-19(17(24)18-12)16-15(23)14(22)11(26-16)9-25-13(21)4-2-1-3-10-6-8-27-28-10/h5,7,10-11,14-16,22-23H,1-4,6,8-9H2,(H,18,20,24)/t10?,11-,14-,15-,16-/m1/s1. The third kappa shape index (κ3) is 5.41. The molecule has 3 rings (SSSR count). The van der Waals surface area contributed by atoms with E-state index in [0.29, 0.717) is 11.7 Å². The van der Waals surface area contributed by atoms with Gasteiger partial charge in [0, 0.05) is 29.7 Å². The van der Waals surface area contributed by atoms with Gasteiger partial charge in [0.1, 0.15) is 24.9 Å². The second kappa shape index (κ2) is 9.97. The number of aromatic amines is 1. The molecule has 3 heterocycles. The first-order chi connectivity index (χ1) is 13.5. The van der Waals surface area contributed by atoms with Crippen LogP contribution in [0.4, 0.5) is 0 Å². The van der Waals surface area contributed by atoms with Gasteiger partial charge in [0.05, 0.1) is 0 Å². The summed E-state index contributed by atoms with van der Waals surface area (Å²) in [7, 11) is 3.81. The van der Waals surface area contributed by atoms with Gasteiger partial charge < -0.3 is 19.7 Å². The Balaban J connectivity index is 1.43. The molecule has 0 radical (unpaired) electrons. The minimum absolute atomic E-state index is 0.221. The molecule has 0 aliphatic carbocycles. The fraction of sp³-hybridized carbons (Fsp3) is 0.706. The highest BCUT2D eigenvalue weighted by molar-refractivity contribution is 8.77. The molecule has 0 aromatic carbocycles. The maximum Gasteiger partial charge on any atom is 0.330 e. The van der Waals surface area contributed by atoms with Crippen molar-refractivity contribution >= 4 is 27.6 Å². The fourth-order valence-corrected chi connectivity index (χ4v) is 6.21. The first-order valence-electron chi connectivity index (χ1n) is 9.22. The molecule has 3 N–H and O–H groups in total. The van der Waals surface area contributed by atoms with E-state index < -0.39 is 35.8 Å². The van der Waals surface area contributed by atoms with Crippen LogP contribution in [0.15, 0.2) is 21.9 Å². The SMILES string of the molecule is O=C(CCCCC1CCSS1)OC[C@H]1O[C@@H](n2ccc(=O)[nH]c2=O)[C@H](O)[C@@H]1O. The minimum atomic E-state index is -1.39. The first kappa shape index (κ1) is 21.4. The molecule has 1 unspecified atom stereocenters. The molecule has 11 heteroatoms. The zero-order valence-corrected chi connectivity index (χ0v) is 16.8. The van der Waals surface area contributed by atoms with Gasteiger partial charge >= 0.3 is 11.7 Å². The van der Waals surface area contributed by atoms with Gasteiger partial charge in [0.25, 0.3) is 5.56 Å². The molecule has 5 atom stereocenters. The van der Waals surface area contributed by atoms with Crippen molar-refractivity contribution in [3.05, 3.63) is 33.1 Å². The Hall–Kier alpha value is -1.27. The molecule has 0 saturated carbocycles. The largest absolute Gasteiger partial charge is 0.463 e. The smallest absolute Gasteiger partial charge is 0.330 e. The molecule has 9 nitrogen and oxygen atoms in total. The summed E-state index contributed by atoms with van der Waals surface area (Å²) in [6, 6.07) is 1.11. The summed E-state index contributed by atoms with van der Waals surface area (Å²) >= 11 is 0. The highest BCUT2D eigenvalue weighted by Gasteiger charge is 2.44. The lowest BCUT2D eigenvalue weighted by molar-refractivity contribution is -0.150. The molecule has 156 valence electrons. The second-order valence-electron chi connectivity index (χ2n) is 6.82. The maximum atomic E-state index is 11.9. The monoisotopic (exact) mass is 432 g/mol. The molecular formula is C17H24N2O7S2. The van der Waals surface area contributed by atoms with Gasteiger partial charge in [-0.2, -0.15) is 0 Å². The molecular weight excluding hydrogens is 408 g/mol. The van der Waals surface area contributed by atoms with E-state index in [4.69, 9.17) is 9.47 Å². The average Bonchev–Trinajstić information content (AvgIpc) is 3.27. The topological polar surface area (TPSA) is 131 Å². The lowest BCUT2D eigenvalue weighted by Gasteiger charge is -2.16. The van der Waals surface area contributed by atoms with Crippen LogP contribution in [-0.2, 0) is 14.3 Å². The number of ether oxygens (including phenoxy) is 2. The van der Waals surface area contributed by atoms with E-state index in [-0.39, 0.29) is 12.6 Å². The Morgan fingerprint density at radius 1 is 1.32 bits per heavy atom. The van der Waals surface area contributed by atoms with E-state index in [0.717, 1.165) is 29.9 Å². The number of esters is 1. The Morgan fingerprint density at radius 2 is 2.14 bits per heavy atom. The normalized spacial score (nSPS) is 29.9. The zero-order chi connectivity index (χ0) is 20.1. The number of rotatable bonds is 8. The summed E-state index contributed by atoms with van der Waals surface area (Å²) in [6.07, 6.45) is 0.631. The summed E-state index contributed by atoms with van der Waals surface area (Å²) in [5.41, 5.74) is -1.34. The third-order valence-electron chi connectivity index (χ3n) is 4.76. The Kier molecular flexibility index (Phi) is 7.63. The molecule has 1 aromatic rings. The number of aliphatic hydroxyl groups excluding tert-OH is 2. The van der Waals surface area contributed by atoms with Crippen LogP contribution in [0.3, 0.4) is 0 Å². The maximum absolute atomic E-state index is 11.9. The average molecular weight is 433 g/mol. The van der Waals surface area contributed by atoms with Gasteiger partial charge in [0.15, 0.2) is 6.23 Å². The number of H-pyrrole nitrogens is 1. The van der Waals surface area contributed by atoms with E-state index in [2.05, 4.69) is 4.98 Å². The van der Waals surface area contributed by atoms with Crippen LogP contribution < -0.4 is 11.2 Å². The van der Waals surface area contributed by atoms with Gasteiger partial charge in [-0.3, -0.25) is 19.1 Å². The molecule has 2 saturated heterocycles. The van der Waals surface area contributed by atoms with Crippen LogP contribution in [0.25, 0.3) is 0 Å². The van der Waals surface area contributed by atoms with E-state index in [1.807, 2.05) is 21.6 Å². The van der Waals surface area contributed by atoms with E-state index >= 15 is 0 Å². The summed E-state index contributed by atoms with van der Waals surface area (Å²) in [6.45, 7) is -0.221. The molecule has 2 aliphatic heterocycles. The summed E-state index contributed by atoms with van der Waals surface area (Å²) < 4.78 is 11.6. The van der Waals surface area contributed by atoms with Crippen LogP contribution in [-0.4, -0.2) is 61.7 Å². The molecule has 0 amide bonds. The van der Waals surface area contributed by atoms with Crippen LogP contribution in [0.5, 0.6) is 0 Å². The third-order valence-corrected chi connectivity index (χ3v) is 7.76. The molecule has 0 spiro atoms. The van der Waals surface area contributed by atoms with Crippen LogP contribution in [0.1, 0.15) is 38.3 Å². The number of nitrogens with one attached hydrogen (secondary N) is 1. The van der Waals surface area contributed by atoms with Gasteiger partial charge in [-0.05, 0) is 19.3 Å². The van der Waals surface area contributed by atoms with Gasteiger partial charge in [-0.25, -0.2) is 4.79 Å². The van der Waals surface area contributed by atoms with Gasteiger partial charge in [-0.1, -0.05) is 28.0 Å². The first-order valence-corrected chi connectivity index (χ1v) is 11.6. The van der Waals surface area contributed by atoms with Crippen LogP contribution >= 0.6 is 21.6 Å². The lowest BCUT2D eigenvalue weighted by Crippen LogP contribution is -2.37. The summed E-state index contributed by atoms with van der Waals surface area (Å²) in [5.74, 6) is 0.808. The number of nitrogens with zero attached hydrogens (tertiary/aromatic N) is 1. The summed E-state index contributed by atoms with van der Waals surface area (Å²) in [5, 5.41) is 21.0. The van der Waals surface area contributed by atoms with Crippen LogP contribution in [0.2, 0.25) is 0 Å². The van der Waals surface area contributed by atoms with E-state index in [1.165, 1.54) is 18.4 Å². The Labute approximate surface area is 169 Å². The molecule has 2 fully saturated rings. The van der Waals surface area contributed by atoms with Crippen LogP contribution in [0, 0.1) is 0 Å². The van der Waals surface area contributed by atoms with Crippen molar-refractivity contribution < 1.29 is 24.5 Å². The minimum Gasteiger partial charge on any atom is -0.463 e.